The summed E-state index contributed by atoms with van der Waals surface area (Å²) in [5.74, 6) is 1.22. The predicted octanol–water partition coefficient (Wildman–Crippen LogP) is 3.89. The Morgan fingerprint density at radius 3 is 2.72 bits per heavy atom. The Hall–Kier alpha value is -2.18. The third-order valence-electron chi connectivity index (χ3n) is 2.52. The summed E-state index contributed by atoms with van der Waals surface area (Å²) in [4.78, 5) is 0. The first-order valence-corrected chi connectivity index (χ1v) is 5.71. The summed E-state index contributed by atoms with van der Waals surface area (Å²) in [7, 11) is 0. The van der Waals surface area contributed by atoms with Crippen molar-refractivity contribution in [2.75, 3.05) is 5.73 Å². The van der Waals surface area contributed by atoms with Crippen molar-refractivity contribution in [2.45, 2.75) is 6.92 Å². The predicted molar refractivity (Wildman–Crippen MR) is 71.8 cm³/mol. The van der Waals surface area contributed by atoms with Gasteiger partial charge in [-0.15, -0.1) is 0 Å². The summed E-state index contributed by atoms with van der Waals surface area (Å²) >= 11 is 5.91. The standard InChI is InChI=1S/C14H11ClN2O/c1-9-2-3-11(15)7-14(9)18-12-4-5-13(17)10(6-12)8-16/h2-7H,17H2,1H3. The molecule has 0 aromatic heterocycles. The molecule has 0 fully saturated rings. The lowest BCUT2D eigenvalue weighted by atomic mass is 10.2. The summed E-state index contributed by atoms with van der Waals surface area (Å²) in [6.45, 7) is 1.92. The summed E-state index contributed by atoms with van der Waals surface area (Å²) in [5.41, 5.74) is 7.45. The Morgan fingerprint density at radius 1 is 1.22 bits per heavy atom. The summed E-state index contributed by atoms with van der Waals surface area (Å²) < 4.78 is 5.70. The number of halogens is 1. The number of aryl methyl sites for hydroxylation is 1. The highest BCUT2D eigenvalue weighted by atomic mass is 35.5. The minimum absolute atomic E-state index is 0.396. The van der Waals surface area contributed by atoms with E-state index in [0.29, 0.717) is 27.8 Å². The molecule has 0 atom stereocenters. The van der Waals surface area contributed by atoms with E-state index in [-0.39, 0.29) is 0 Å². The number of nitriles is 1. The molecule has 2 aromatic rings. The van der Waals surface area contributed by atoms with Crippen LogP contribution in [-0.2, 0) is 0 Å². The molecule has 0 saturated heterocycles. The van der Waals surface area contributed by atoms with E-state index in [1.807, 2.05) is 19.1 Å². The maximum absolute atomic E-state index is 8.90. The zero-order chi connectivity index (χ0) is 13.1. The average molecular weight is 259 g/mol. The molecular formula is C14H11ClN2O. The molecule has 0 unspecified atom stereocenters. The Bertz CT molecular complexity index is 632. The molecule has 3 nitrogen and oxygen atoms in total. The Balaban J connectivity index is 2.34. The lowest BCUT2D eigenvalue weighted by molar-refractivity contribution is 0.479. The number of anilines is 1. The van der Waals surface area contributed by atoms with Gasteiger partial charge in [0.15, 0.2) is 0 Å². The second-order valence-corrected chi connectivity index (χ2v) is 4.31. The molecule has 0 aliphatic heterocycles. The number of ether oxygens (including phenoxy) is 1. The van der Waals surface area contributed by atoms with E-state index < -0.39 is 0 Å². The van der Waals surface area contributed by atoms with Gasteiger partial charge in [0.2, 0.25) is 0 Å². The number of rotatable bonds is 2. The maximum Gasteiger partial charge on any atom is 0.131 e. The second kappa shape index (κ2) is 4.99. The van der Waals surface area contributed by atoms with Crippen LogP contribution in [0.25, 0.3) is 0 Å². The Kier molecular flexibility index (Phi) is 3.40. The SMILES string of the molecule is Cc1ccc(Cl)cc1Oc1ccc(N)c(C#N)c1. The second-order valence-electron chi connectivity index (χ2n) is 3.87. The first-order chi connectivity index (χ1) is 8.60. The van der Waals surface area contributed by atoms with Crippen molar-refractivity contribution in [3.8, 4) is 17.6 Å². The normalized spacial score (nSPS) is 9.83. The lowest BCUT2D eigenvalue weighted by Crippen LogP contribution is -1.92. The van der Waals surface area contributed by atoms with Crippen LogP contribution in [0, 0.1) is 18.3 Å². The first-order valence-electron chi connectivity index (χ1n) is 5.34. The molecule has 2 rings (SSSR count). The topological polar surface area (TPSA) is 59.0 Å². The van der Waals surface area contributed by atoms with E-state index in [9.17, 15) is 0 Å². The number of nitrogens with zero attached hydrogens (tertiary/aromatic N) is 1. The van der Waals surface area contributed by atoms with Gasteiger partial charge in [-0.25, -0.2) is 0 Å². The number of hydrogen-bond acceptors (Lipinski definition) is 3. The van der Waals surface area contributed by atoms with Gasteiger partial charge in [-0.1, -0.05) is 17.7 Å². The minimum atomic E-state index is 0.396. The number of hydrogen-bond donors (Lipinski definition) is 1. The van der Waals surface area contributed by atoms with Crippen LogP contribution >= 0.6 is 11.6 Å². The lowest BCUT2D eigenvalue weighted by Gasteiger charge is -2.09. The number of benzene rings is 2. The summed E-state index contributed by atoms with van der Waals surface area (Å²) in [5, 5.41) is 9.50. The molecular weight excluding hydrogens is 248 g/mol. The van der Waals surface area contributed by atoms with E-state index in [1.54, 1.807) is 30.3 Å². The Morgan fingerprint density at radius 2 is 2.00 bits per heavy atom. The van der Waals surface area contributed by atoms with Crippen molar-refractivity contribution < 1.29 is 4.74 Å². The van der Waals surface area contributed by atoms with E-state index >= 15 is 0 Å². The molecule has 90 valence electrons. The zero-order valence-electron chi connectivity index (χ0n) is 9.77. The van der Waals surface area contributed by atoms with E-state index in [1.165, 1.54) is 0 Å². The third kappa shape index (κ3) is 2.55. The largest absolute Gasteiger partial charge is 0.457 e. The molecule has 0 aliphatic rings. The van der Waals surface area contributed by atoms with Gasteiger partial charge in [-0.05, 0) is 36.8 Å². The van der Waals surface area contributed by atoms with Crippen LogP contribution in [0.15, 0.2) is 36.4 Å². The van der Waals surface area contributed by atoms with Crippen LogP contribution in [0.1, 0.15) is 11.1 Å². The number of nitrogens with two attached hydrogens (primary N) is 1. The van der Waals surface area contributed by atoms with Crippen molar-refractivity contribution in [3.63, 3.8) is 0 Å². The molecule has 2 N–H and O–H groups in total. The van der Waals surface area contributed by atoms with Crippen LogP contribution in [0.5, 0.6) is 11.5 Å². The van der Waals surface area contributed by atoms with Gasteiger partial charge in [0.05, 0.1) is 5.56 Å². The van der Waals surface area contributed by atoms with Crippen molar-refractivity contribution in [2.24, 2.45) is 0 Å². The third-order valence-corrected chi connectivity index (χ3v) is 2.76. The molecule has 0 saturated carbocycles. The van der Waals surface area contributed by atoms with Crippen LogP contribution in [0.2, 0.25) is 5.02 Å². The maximum atomic E-state index is 8.90. The van der Waals surface area contributed by atoms with E-state index in [4.69, 9.17) is 27.3 Å². The van der Waals surface area contributed by atoms with Crippen molar-refractivity contribution >= 4 is 17.3 Å². The molecule has 0 amide bonds. The van der Waals surface area contributed by atoms with Gasteiger partial charge >= 0.3 is 0 Å². The Labute approximate surface area is 110 Å². The minimum Gasteiger partial charge on any atom is -0.457 e. The van der Waals surface area contributed by atoms with Crippen molar-refractivity contribution in [1.82, 2.24) is 0 Å². The molecule has 0 heterocycles. The zero-order valence-corrected chi connectivity index (χ0v) is 10.5. The van der Waals surface area contributed by atoms with Crippen molar-refractivity contribution in [3.05, 3.63) is 52.5 Å². The smallest absolute Gasteiger partial charge is 0.131 e. The molecule has 0 spiro atoms. The van der Waals surface area contributed by atoms with Gasteiger partial charge in [-0.3, -0.25) is 0 Å². The molecule has 0 radical (unpaired) electrons. The van der Waals surface area contributed by atoms with Crippen LogP contribution < -0.4 is 10.5 Å². The summed E-state index contributed by atoms with van der Waals surface area (Å²) in [6, 6.07) is 12.4. The molecule has 4 heteroatoms. The van der Waals surface area contributed by atoms with E-state index in [0.717, 1.165) is 5.56 Å². The van der Waals surface area contributed by atoms with Crippen LogP contribution in [0.4, 0.5) is 5.69 Å². The molecule has 18 heavy (non-hydrogen) atoms. The van der Waals surface area contributed by atoms with Gasteiger partial charge in [0.25, 0.3) is 0 Å². The van der Waals surface area contributed by atoms with Gasteiger partial charge < -0.3 is 10.5 Å². The fraction of sp³-hybridized carbons (Fsp3) is 0.0714. The molecule has 0 aliphatic carbocycles. The monoisotopic (exact) mass is 258 g/mol. The van der Waals surface area contributed by atoms with Gasteiger partial charge in [0.1, 0.15) is 17.6 Å². The quantitative estimate of drug-likeness (QED) is 0.831. The average Bonchev–Trinajstić information content (AvgIpc) is 2.36. The fourth-order valence-corrected chi connectivity index (χ4v) is 1.67. The van der Waals surface area contributed by atoms with Crippen LogP contribution in [0.3, 0.4) is 0 Å². The summed E-state index contributed by atoms with van der Waals surface area (Å²) in [6.07, 6.45) is 0. The number of nitrogen functional groups attached to an aromatic ring is 1. The van der Waals surface area contributed by atoms with Gasteiger partial charge in [-0.2, -0.15) is 5.26 Å². The molecule has 0 bridgehead atoms. The highest BCUT2D eigenvalue weighted by molar-refractivity contribution is 6.30. The van der Waals surface area contributed by atoms with Crippen LogP contribution in [-0.4, -0.2) is 0 Å². The van der Waals surface area contributed by atoms with Crippen molar-refractivity contribution in [1.29, 1.82) is 5.26 Å². The highest BCUT2D eigenvalue weighted by Gasteiger charge is 2.05. The highest BCUT2D eigenvalue weighted by Crippen LogP contribution is 2.29. The van der Waals surface area contributed by atoms with E-state index in [2.05, 4.69) is 0 Å². The van der Waals surface area contributed by atoms with Gasteiger partial charge in [0, 0.05) is 16.8 Å². The molecule has 2 aromatic carbocycles. The first kappa shape index (κ1) is 12.3. The fourth-order valence-electron chi connectivity index (χ4n) is 1.51.